The summed E-state index contributed by atoms with van der Waals surface area (Å²) in [6.07, 6.45) is 6.76. The van der Waals surface area contributed by atoms with Crippen LogP contribution in [0.25, 0.3) is 0 Å². The van der Waals surface area contributed by atoms with Gasteiger partial charge in [0.25, 0.3) is 0 Å². The Bertz CT molecular complexity index is 116. The minimum atomic E-state index is 0.737. The quantitative estimate of drug-likeness (QED) is 0.437. The average molecular weight is 125 g/mol. The number of allylic oxidation sites excluding steroid dienone is 1. The highest BCUT2D eigenvalue weighted by atomic mass is 16.1. The zero-order valence-corrected chi connectivity index (χ0v) is 5.34. The molecule has 0 aliphatic heterocycles. The maximum absolute atomic E-state index is 9.75. The molecule has 0 aromatic heterocycles. The molecule has 1 fully saturated rings. The highest BCUT2D eigenvalue weighted by molar-refractivity contribution is 5.64. The van der Waals surface area contributed by atoms with Crippen LogP contribution in [0.3, 0.4) is 0 Å². The number of carbonyl (C=O) groups excluding carboxylic acids is 1. The van der Waals surface area contributed by atoms with Crippen LogP contribution < -0.4 is 5.32 Å². The molecule has 2 nitrogen and oxygen atoms in total. The molecule has 0 atom stereocenters. The molecule has 0 heterocycles. The lowest BCUT2D eigenvalue weighted by Crippen LogP contribution is -2.15. The molecule has 0 spiro atoms. The van der Waals surface area contributed by atoms with Crippen LogP contribution in [-0.2, 0) is 4.79 Å². The van der Waals surface area contributed by atoms with Gasteiger partial charge in [-0.2, -0.15) is 0 Å². The summed E-state index contributed by atoms with van der Waals surface area (Å²) in [5.41, 5.74) is 0. The van der Waals surface area contributed by atoms with Crippen LogP contribution in [0.15, 0.2) is 12.2 Å². The smallest absolute Gasteiger partial charge is 0.142 e. The monoisotopic (exact) mass is 125 g/mol. The standard InChI is InChI=1S/C7H11NO/c9-6-2-1-5-8-7-3-4-7/h1-2,6-8H,3-5H2. The maximum Gasteiger partial charge on any atom is 0.142 e. The maximum atomic E-state index is 9.75. The summed E-state index contributed by atoms with van der Waals surface area (Å²) < 4.78 is 0. The first-order chi connectivity index (χ1) is 4.43. The van der Waals surface area contributed by atoms with E-state index in [2.05, 4.69) is 5.32 Å². The Morgan fingerprint density at radius 1 is 1.56 bits per heavy atom. The summed E-state index contributed by atoms with van der Waals surface area (Å²) in [5, 5.41) is 3.25. The molecule has 1 saturated carbocycles. The van der Waals surface area contributed by atoms with Gasteiger partial charge >= 0.3 is 0 Å². The molecule has 0 unspecified atom stereocenters. The van der Waals surface area contributed by atoms with E-state index < -0.39 is 0 Å². The summed E-state index contributed by atoms with van der Waals surface area (Å²) >= 11 is 0. The van der Waals surface area contributed by atoms with Crippen molar-refractivity contribution < 1.29 is 4.79 Å². The largest absolute Gasteiger partial charge is 0.311 e. The zero-order valence-electron chi connectivity index (χ0n) is 5.34. The van der Waals surface area contributed by atoms with Crippen molar-refractivity contribution in [1.29, 1.82) is 0 Å². The minimum Gasteiger partial charge on any atom is -0.311 e. The Hall–Kier alpha value is -0.630. The fourth-order valence-electron chi connectivity index (χ4n) is 0.646. The zero-order chi connectivity index (χ0) is 6.53. The van der Waals surface area contributed by atoms with E-state index in [0.717, 1.165) is 18.9 Å². The third-order valence-electron chi connectivity index (χ3n) is 1.32. The van der Waals surface area contributed by atoms with Gasteiger partial charge in [0.05, 0.1) is 0 Å². The van der Waals surface area contributed by atoms with E-state index in [0.29, 0.717) is 0 Å². The lowest BCUT2D eigenvalue weighted by molar-refractivity contribution is -0.104. The molecule has 50 valence electrons. The number of carbonyl (C=O) groups is 1. The number of aldehydes is 1. The topological polar surface area (TPSA) is 29.1 Å². The highest BCUT2D eigenvalue weighted by Gasteiger charge is 2.18. The van der Waals surface area contributed by atoms with Crippen LogP contribution in [-0.4, -0.2) is 18.9 Å². The van der Waals surface area contributed by atoms with E-state index in [4.69, 9.17) is 0 Å². The average Bonchev–Trinajstić information content (AvgIpc) is 2.63. The van der Waals surface area contributed by atoms with E-state index in [-0.39, 0.29) is 0 Å². The first-order valence-corrected chi connectivity index (χ1v) is 3.27. The van der Waals surface area contributed by atoms with Crippen molar-refractivity contribution in [2.24, 2.45) is 0 Å². The molecular formula is C7H11NO. The van der Waals surface area contributed by atoms with Gasteiger partial charge in [-0.1, -0.05) is 6.08 Å². The van der Waals surface area contributed by atoms with E-state index in [1.807, 2.05) is 6.08 Å². The number of hydrogen-bond donors (Lipinski definition) is 1. The van der Waals surface area contributed by atoms with Crippen molar-refractivity contribution in [3.05, 3.63) is 12.2 Å². The van der Waals surface area contributed by atoms with Crippen molar-refractivity contribution in [1.82, 2.24) is 5.32 Å². The Labute approximate surface area is 54.9 Å². The summed E-state index contributed by atoms with van der Waals surface area (Å²) in [6, 6.07) is 0.737. The van der Waals surface area contributed by atoms with E-state index in [1.165, 1.54) is 18.9 Å². The van der Waals surface area contributed by atoms with Crippen molar-refractivity contribution in [3.8, 4) is 0 Å². The molecule has 1 rings (SSSR count). The second-order valence-electron chi connectivity index (χ2n) is 2.25. The SMILES string of the molecule is O=CC=CCNC1CC1. The van der Waals surface area contributed by atoms with Crippen molar-refractivity contribution in [3.63, 3.8) is 0 Å². The Morgan fingerprint density at radius 3 is 2.89 bits per heavy atom. The second-order valence-corrected chi connectivity index (χ2v) is 2.25. The Kier molecular flexibility index (Phi) is 2.46. The molecule has 1 N–H and O–H groups in total. The third kappa shape index (κ3) is 3.03. The van der Waals surface area contributed by atoms with Crippen LogP contribution in [0, 0.1) is 0 Å². The summed E-state index contributed by atoms with van der Waals surface area (Å²) in [4.78, 5) is 9.75. The van der Waals surface area contributed by atoms with Crippen LogP contribution >= 0.6 is 0 Å². The van der Waals surface area contributed by atoms with Gasteiger partial charge in [-0.25, -0.2) is 0 Å². The van der Waals surface area contributed by atoms with Crippen molar-refractivity contribution in [2.45, 2.75) is 18.9 Å². The van der Waals surface area contributed by atoms with Gasteiger partial charge in [0.15, 0.2) is 0 Å². The third-order valence-corrected chi connectivity index (χ3v) is 1.32. The molecule has 1 aliphatic carbocycles. The molecule has 9 heavy (non-hydrogen) atoms. The summed E-state index contributed by atoms with van der Waals surface area (Å²) in [7, 11) is 0. The van der Waals surface area contributed by atoms with Gasteiger partial charge in [0.1, 0.15) is 6.29 Å². The van der Waals surface area contributed by atoms with Gasteiger partial charge in [0.2, 0.25) is 0 Å². The van der Waals surface area contributed by atoms with Crippen molar-refractivity contribution in [2.75, 3.05) is 6.54 Å². The first kappa shape index (κ1) is 6.49. The van der Waals surface area contributed by atoms with Crippen LogP contribution in [0.2, 0.25) is 0 Å². The number of nitrogens with one attached hydrogen (secondary N) is 1. The molecule has 0 amide bonds. The van der Waals surface area contributed by atoms with Crippen LogP contribution in [0.4, 0.5) is 0 Å². The molecule has 0 saturated heterocycles. The van der Waals surface area contributed by atoms with Gasteiger partial charge in [0, 0.05) is 12.6 Å². The van der Waals surface area contributed by atoms with Gasteiger partial charge in [-0.05, 0) is 18.9 Å². The van der Waals surface area contributed by atoms with Gasteiger partial charge in [-0.15, -0.1) is 0 Å². The Balaban J connectivity index is 1.91. The fourth-order valence-corrected chi connectivity index (χ4v) is 0.646. The van der Waals surface area contributed by atoms with E-state index in [9.17, 15) is 4.79 Å². The van der Waals surface area contributed by atoms with Crippen molar-refractivity contribution >= 4 is 6.29 Å². The predicted octanol–water partition coefficient (Wildman–Crippen LogP) is 0.493. The number of rotatable bonds is 4. The van der Waals surface area contributed by atoms with Crippen LogP contribution in [0.5, 0.6) is 0 Å². The lowest BCUT2D eigenvalue weighted by atomic mass is 10.5. The minimum absolute atomic E-state index is 0.737. The highest BCUT2D eigenvalue weighted by Crippen LogP contribution is 2.17. The molecule has 2 heteroatoms. The summed E-state index contributed by atoms with van der Waals surface area (Å²) in [5.74, 6) is 0. The van der Waals surface area contributed by atoms with E-state index in [1.54, 1.807) is 0 Å². The van der Waals surface area contributed by atoms with Gasteiger partial charge in [-0.3, -0.25) is 4.79 Å². The summed E-state index contributed by atoms with van der Waals surface area (Å²) in [6.45, 7) is 0.837. The number of hydrogen-bond acceptors (Lipinski definition) is 2. The van der Waals surface area contributed by atoms with Crippen LogP contribution in [0.1, 0.15) is 12.8 Å². The van der Waals surface area contributed by atoms with E-state index >= 15 is 0 Å². The van der Waals surface area contributed by atoms with Gasteiger partial charge < -0.3 is 5.32 Å². The molecule has 0 aromatic carbocycles. The molecule has 0 bridgehead atoms. The molecular weight excluding hydrogens is 114 g/mol. The second kappa shape index (κ2) is 3.41. The fraction of sp³-hybridized carbons (Fsp3) is 0.571. The Morgan fingerprint density at radius 2 is 2.33 bits per heavy atom. The predicted molar refractivity (Wildman–Crippen MR) is 36.2 cm³/mol. The normalized spacial score (nSPS) is 18.7. The molecule has 0 radical (unpaired) electrons. The lowest BCUT2D eigenvalue weighted by Gasteiger charge is -1.92. The molecule has 0 aromatic rings. The molecule has 1 aliphatic rings. The first-order valence-electron chi connectivity index (χ1n) is 3.27.